The molecule has 1 atom stereocenters. The molecule has 0 bridgehead atoms. The van der Waals surface area contributed by atoms with Gasteiger partial charge in [0.2, 0.25) is 0 Å². The van der Waals surface area contributed by atoms with Crippen LogP contribution in [0.5, 0.6) is 0 Å². The van der Waals surface area contributed by atoms with Crippen molar-refractivity contribution in [1.82, 2.24) is 0 Å². The van der Waals surface area contributed by atoms with Gasteiger partial charge in [-0.15, -0.1) is 0 Å². The Hall–Kier alpha value is -0.430. The maximum Gasteiger partial charge on any atom is 0.191 e. The summed E-state index contributed by atoms with van der Waals surface area (Å²) in [6.45, 7) is 3.35. The molecule has 1 rings (SSSR count). The molecule has 0 spiro atoms. The molecule has 5 heteroatoms. The minimum atomic E-state index is -3.33. The van der Waals surface area contributed by atoms with Crippen LogP contribution in [-0.2, 0) is 9.84 Å². The highest BCUT2D eigenvalue weighted by molar-refractivity contribution is 14.1. The van der Waals surface area contributed by atoms with Gasteiger partial charge in [-0.25, -0.2) is 8.42 Å². The number of hydrogen-bond donors (Lipinski definition) is 0. The van der Waals surface area contributed by atoms with E-state index in [0.29, 0.717) is 5.56 Å². The van der Waals surface area contributed by atoms with Crippen LogP contribution in [0.15, 0.2) is 24.3 Å². The van der Waals surface area contributed by atoms with Gasteiger partial charge in [0.1, 0.15) is 0 Å². The number of ketones is 1. The van der Waals surface area contributed by atoms with Crippen LogP contribution in [0.1, 0.15) is 22.8 Å². The fraction of sp³-hybridized carbons (Fsp3) is 0.364. The molecule has 0 saturated carbocycles. The van der Waals surface area contributed by atoms with Gasteiger partial charge in [0, 0.05) is 11.3 Å². The summed E-state index contributed by atoms with van der Waals surface area (Å²) in [5, 5.41) is 0. The predicted octanol–water partition coefficient (Wildman–Crippen LogP) is 2.37. The molecule has 0 unspecified atom stereocenters. The minimum absolute atomic E-state index is 0.0156. The number of alkyl halides is 1. The summed E-state index contributed by atoms with van der Waals surface area (Å²) < 4.78 is 22.2. The van der Waals surface area contributed by atoms with Gasteiger partial charge in [0.15, 0.2) is 18.9 Å². The largest absolute Gasteiger partial charge is 0.292 e. The zero-order chi connectivity index (χ0) is 12.3. The first-order valence-electron chi connectivity index (χ1n) is 4.85. The Morgan fingerprint density at radius 2 is 1.94 bits per heavy atom. The molecule has 0 N–H and O–H groups in total. The summed E-state index contributed by atoms with van der Waals surface area (Å²) in [5.41, 5.74) is 1.29. The van der Waals surface area contributed by atoms with E-state index in [4.69, 9.17) is 0 Å². The van der Waals surface area contributed by atoms with E-state index < -0.39 is 13.1 Å². The normalized spacial score (nSPS) is 13.4. The molecule has 0 aliphatic rings. The Morgan fingerprint density at radius 3 is 2.44 bits per heavy atom. The van der Waals surface area contributed by atoms with Crippen molar-refractivity contribution in [2.24, 2.45) is 0 Å². The van der Waals surface area contributed by atoms with Crippen molar-refractivity contribution in [3.05, 3.63) is 35.4 Å². The van der Waals surface area contributed by atoms with Crippen LogP contribution in [0.25, 0.3) is 0 Å². The molecule has 16 heavy (non-hydrogen) atoms. The van der Waals surface area contributed by atoms with Crippen LogP contribution in [0.4, 0.5) is 0 Å². The van der Waals surface area contributed by atoms with Crippen molar-refractivity contribution >= 4 is 38.2 Å². The van der Waals surface area contributed by atoms with Gasteiger partial charge in [-0.3, -0.25) is 4.79 Å². The lowest BCUT2D eigenvalue weighted by atomic mass is 10.1. The molecule has 0 aliphatic heterocycles. The van der Waals surface area contributed by atoms with Crippen LogP contribution >= 0.6 is 22.6 Å². The molecule has 3 nitrogen and oxygen atoms in total. The number of Topliss-reactive ketones (excluding diaryl/α,β-unsaturated/α-hetero) is 1. The van der Waals surface area contributed by atoms with Crippen molar-refractivity contribution in [2.45, 2.75) is 17.1 Å². The molecule has 88 valence electrons. The highest BCUT2D eigenvalue weighted by Gasteiger charge is 2.29. The maximum atomic E-state index is 12.0. The third-order valence-electron chi connectivity index (χ3n) is 2.33. The molecule has 0 aromatic heterocycles. The molecular formula is C11H13IO3S. The molecule has 0 radical (unpaired) electrons. The van der Waals surface area contributed by atoms with Crippen LogP contribution in [0, 0.1) is 6.92 Å². The number of rotatable bonds is 4. The molecule has 1 aromatic carbocycles. The predicted molar refractivity (Wildman–Crippen MR) is 72.8 cm³/mol. The fourth-order valence-electron chi connectivity index (χ4n) is 1.28. The van der Waals surface area contributed by atoms with E-state index in [1.807, 2.05) is 6.07 Å². The summed E-state index contributed by atoms with van der Waals surface area (Å²) in [7, 11) is -3.33. The zero-order valence-electron chi connectivity index (χ0n) is 9.10. The Kier molecular flexibility index (Phi) is 4.49. The Morgan fingerprint density at radius 1 is 1.38 bits per heavy atom. The first kappa shape index (κ1) is 13.6. The first-order valence-corrected chi connectivity index (χ1v) is 7.81. The number of aryl methyl sites for hydroxylation is 1. The SMILES string of the molecule is CCS(=O)(=O)[C@H](I)C(=O)c1ccccc1C. The number of halogens is 1. The fourth-order valence-corrected chi connectivity index (χ4v) is 3.44. The van der Waals surface area contributed by atoms with E-state index >= 15 is 0 Å². The Labute approximate surface area is 109 Å². The molecule has 0 amide bonds. The van der Waals surface area contributed by atoms with Crippen LogP contribution < -0.4 is 0 Å². The van der Waals surface area contributed by atoms with E-state index in [2.05, 4.69) is 0 Å². The highest BCUT2D eigenvalue weighted by Crippen LogP contribution is 2.19. The second kappa shape index (κ2) is 5.27. The van der Waals surface area contributed by atoms with Gasteiger partial charge in [-0.2, -0.15) is 0 Å². The summed E-state index contributed by atoms with van der Waals surface area (Å²) in [4.78, 5) is 12.0. The number of benzene rings is 1. The second-order valence-electron chi connectivity index (χ2n) is 3.45. The van der Waals surface area contributed by atoms with E-state index in [-0.39, 0.29) is 11.5 Å². The molecule has 0 aliphatic carbocycles. The standard InChI is InChI=1S/C11H13IO3S/c1-3-16(14,15)11(12)10(13)9-7-5-4-6-8(9)2/h4-7,11H,3H2,1-2H3/t11-/m0/s1. The minimum Gasteiger partial charge on any atom is -0.292 e. The highest BCUT2D eigenvalue weighted by atomic mass is 127. The Bertz CT molecular complexity index is 494. The lowest BCUT2D eigenvalue weighted by Crippen LogP contribution is -2.26. The number of hydrogen-bond acceptors (Lipinski definition) is 3. The van der Waals surface area contributed by atoms with Gasteiger partial charge >= 0.3 is 0 Å². The maximum absolute atomic E-state index is 12.0. The molecule has 0 fully saturated rings. The van der Waals surface area contributed by atoms with E-state index in [1.165, 1.54) is 0 Å². The van der Waals surface area contributed by atoms with Gasteiger partial charge in [-0.05, 0) is 12.5 Å². The quantitative estimate of drug-likeness (QED) is 0.475. The van der Waals surface area contributed by atoms with Crippen LogP contribution in [0.3, 0.4) is 0 Å². The molecule has 0 heterocycles. The van der Waals surface area contributed by atoms with Gasteiger partial charge in [0.25, 0.3) is 0 Å². The lowest BCUT2D eigenvalue weighted by Gasteiger charge is -2.10. The van der Waals surface area contributed by atoms with Gasteiger partial charge in [0.05, 0.1) is 0 Å². The average molecular weight is 352 g/mol. The van der Waals surface area contributed by atoms with Crippen LogP contribution in [0.2, 0.25) is 0 Å². The monoisotopic (exact) mass is 352 g/mol. The van der Waals surface area contributed by atoms with E-state index in [0.717, 1.165) is 5.56 Å². The topological polar surface area (TPSA) is 51.2 Å². The van der Waals surface area contributed by atoms with Crippen molar-refractivity contribution in [3.8, 4) is 0 Å². The van der Waals surface area contributed by atoms with Crippen molar-refractivity contribution in [2.75, 3.05) is 5.75 Å². The smallest absolute Gasteiger partial charge is 0.191 e. The molecular weight excluding hydrogens is 339 g/mol. The molecule has 0 saturated heterocycles. The van der Waals surface area contributed by atoms with Crippen molar-refractivity contribution in [3.63, 3.8) is 0 Å². The van der Waals surface area contributed by atoms with E-state index in [9.17, 15) is 13.2 Å². The van der Waals surface area contributed by atoms with E-state index in [1.54, 1.807) is 54.6 Å². The number of carbonyl (C=O) groups excluding carboxylic acids is 1. The number of carbonyl (C=O) groups is 1. The summed E-state index contributed by atoms with van der Waals surface area (Å²) in [5.74, 6) is -0.348. The van der Waals surface area contributed by atoms with Gasteiger partial charge in [-0.1, -0.05) is 53.8 Å². The zero-order valence-corrected chi connectivity index (χ0v) is 12.1. The summed E-state index contributed by atoms with van der Waals surface area (Å²) >= 11 is 1.69. The van der Waals surface area contributed by atoms with Crippen LogP contribution in [-0.4, -0.2) is 23.2 Å². The first-order chi connectivity index (χ1) is 7.40. The van der Waals surface area contributed by atoms with Crippen molar-refractivity contribution in [1.29, 1.82) is 0 Å². The molecule has 1 aromatic rings. The van der Waals surface area contributed by atoms with Crippen molar-refractivity contribution < 1.29 is 13.2 Å². The summed E-state index contributed by atoms with van der Waals surface area (Å²) in [6.07, 6.45) is 0. The average Bonchev–Trinajstić information content (AvgIpc) is 2.27. The number of sulfone groups is 1. The third kappa shape index (κ3) is 2.82. The third-order valence-corrected chi connectivity index (χ3v) is 6.87. The second-order valence-corrected chi connectivity index (χ2v) is 7.91. The summed E-state index contributed by atoms with van der Waals surface area (Å²) in [6, 6.07) is 7.02. The Balaban J connectivity index is 3.10. The lowest BCUT2D eigenvalue weighted by molar-refractivity contribution is 0.101. The van der Waals surface area contributed by atoms with Gasteiger partial charge < -0.3 is 0 Å².